The van der Waals surface area contributed by atoms with Gasteiger partial charge in [0.2, 0.25) is 0 Å². The third-order valence-corrected chi connectivity index (χ3v) is 8.42. The maximum Gasteiger partial charge on any atom is 0.0543 e. The molecule has 0 amide bonds. The van der Waals surface area contributed by atoms with Crippen LogP contribution in [0.15, 0.2) is 0 Å². The maximum absolute atomic E-state index is 10.0. The molecule has 1 nitrogen and oxygen atoms in total. The smallest absolute Gasteiger partial charge is 0.0543 e. The van der Waals surface area contributed by atoms with Crippen molar-refractivity contribution >= 4 is 0 Å². The van der Waals surface area contributed by atoms with Crippen LogP contribution < -0.4 is 0 Å². The number of rotatable bonds is 0. The van der Waals surface area contributed by atoms with E-state index in [1.807, 2.05) is 0 Å². The van der Waals surface area contributed by atoms with E-state index in [4.69, 9.17) is 0 Å². The van der Waals surface area contributed by atoms with Gasteiger partial charge in [0.1, 0.15) is 0 Å². The first kappa shape index (κ1) is 13.6. The molecule has 4 fully saturated rings. The standard InChI is InChI=1S/C19H32O/c1-18-9-3-4-16(18)15-6-5-13-12-14(20)7-11-19(13,2)17(15)8-10-18/h13-17,20H,3-12H2,1-2H3/t13-,14-,15-,16+,17-,18-,19-/m0/s1. The second-order valence-electron chi connectivity index (χ2n) is 9.17. The van der Waals surface area contributed by atoms with Crippen LogP contribution in [0.2, 0.25) is 0 Å². The fraction of sp³-hybridized carbons (Fsp3) is 1.00. The van der Waals surface area contributed by atoms with Crippen LogP contribution in [0, 0.1) is 34.5 Å². The summed E-state index contributed by atoms with van der Waals surface area (Å²) in [6.45, 7) is 5.19. The number of aliphatic hydroxyl groups excluding tert-OH is 1. The van der Waals surface area contributed by atoms with E-state index in [-0.39, 0.29) is 6.10 Å². The molecule has 0 bridgehead atoms. The first-order valence-corrected chi connectivity index (χ1v) is 9.21. The van der Waals surface area contributed by atoms with Gasteiger partial charge in [-0.25, -0.2) is 0 Å². The molecule has 0 unspecified atom stereocenters. The van der Waals surface area contributed by atoms with Crippen molar-refractivity contribution < 1.29 is 5.11 Å². The van der Waals surface area contributed by atoms with E-state index in [2.05, 4.69) is 13.8 Å². The molecule has 20 heavy (non-hydrogen) atoms. The molecule has 114 valence electrons. The lowest BCUT2D eigenvalue weighted by Gasteiger charge is -2.60. The van der Waals surface area contributed by atoms with E-state index in [0.717, 1.165) is 36.5 Å². The molecule has 0 aliphatic heterocycles. The average molecular weight is 276 g/mol. The Morgan fingerprint density at radius 2 is 1.70 bits per heavy atom. The summed E-state index contributed by atoms with van der Waals surface area (Å²) < 4.78 is 0. The van der Waals surface area contributed by atoms with Crippen molar-refractivity contribution in [3.8, 4) is 0 Å². The van der Waals surface area contributed by atoms with Gasteiger partial charge >= 0.3 is 0 Å². The molecular weight excluding hydrogens is 244 g/mol. The first-order valence-electron chi connectivity index (χ1n) is 9.21. The van der Waals surface area contributed by atoms with Crippen LogP contribution in [0.25, 0.3) is 0 Å². The zero-order valence-electron chi connectivity index (χ0n) is 13.4. The Balaban J connectivity index is 1.62. The number of aliphatic hydroxyl groups is 1. The third-order valence-electron chi connectivity index (χ3n) is 8.42. The van der Waals surface area contributed by atoms with Gasteiger partial charge in [0, 0.05) is 0 Å². The van der Waals surface area contributed by atoms with E-state index in [1.165, 1.54) is 51.4 Å². The van der Waals surface area contributed by atoms with Crippen LogP contribution in [0.3, 0.4) is 0 Å². The van der Waals surface area contributed by atoms with Crippen LogP contribution in [-0.4, -0.2) is 11.2 Å². The third kappa shape index (κ3) is 1.77. The topological polar surface area (TPSA) is 20.2 Å². The Hall–Kier alpha value is -0.0400. The van der Waals surface area contributed by atoms with E-state index in [0.29, 0.717) is 10.8 Å². The highest BCUT2D eigenvalue weighted by Crippen LogP contribution is 2.66. The zero-order chi connectivity index (χ0) is 14.0. The molecule has 0 aromatic carbocycles. The summed E-state index contributed by atoms with van der Waals surface area (Å²) in [5, 5.41) is 10.0. The fourth-order valence-corrected chi connectivity index (χ4v) is 7.23. The lowest BCUT2D eigenvalue weighted by molar-refractivity contribution is -0.120. The minimum absolute atomic E-state index is 0.00459. The predicted molar refractivity (Wildman–Crippen MR) is 82.4 cm³/mol. The molecule has 4 rings (SSSR count). The van der Waals surface area contributed by atoms with Gasteiger partial charge in [-0.15, -0.1) is 0 Å². The summed E-state index contributed by atoms with van der Waals surface area (Å²) in [7, 11) is 0. The molecule has 0 aromatic rings. The highest BCUT2D eigenvalue weighted by Gasteiger charge is 2.57. The fourth-order valence-electron chi connectivity index (χ4n) is 7.23. The van der Waals surface area contributed by atoms with Crippen molar-refractivity contribution in [2.75, 3.05) is 0 Å². The highest BCUT2D eigenvalue weighted by molar-refractivity contribution is 5.07. The molecule has 7 atom stereocenters. The van der Waals surface area contributed by atoms with E-state index >= 15 is 0 Å². The molecule has 0 saturated heterocycles. The molecule has 0 aromatic heterocycles. The van der Waals surface area contributed by atoms with Gasteiger partial charge in [-0.1, -0.05) is 20.3 Å². The summed E-state index contributed by atoms with van der Waals surface area (Å²) in [6.07, 6.45) is 13.8. The van der Waals surface area contributed by atoms with E-state index < -0.39 is 0 Å². The monoisotopic (exact) mass is 276 g/mol. The molecule has 0 spiro atoms. The quantitative estimate of drug-likeness (QED) is 0.675. The Morgan fingerprint density at radius 1 is 0.850 bits per heavy atom. The Morgan fingerprint density at radius 3 is 2.55 bits per heavy atom. The van der Waals surface area contributed by atoms with Crippen molar-refractivity contribution in [1.29, 1.82) is 0 Å². The Labute approximate surface area is 124 Å². The van der Waals surface area contributed by atoms with Crippen molar-refractivity contribution in [2.24, 2.45) is 34.5 Å². The molecule has 4 aliphatic rings. The van der Waals surface area contributed by atoms with Crippen LogP contribution in [0.1, 0.15) is 78.1 Å². The Kier molecular flexibility index (Phi) is 3.05. The largest absolute Gasteiger partial charge is 0.393 e. The number of hydrogen-bond acceptors (Lipinski definition) is 1. The van der Waals surface area contributed by atoms with Crippen LogP contribution in [0.5, 0.6) is 0 Å². The molecule has 4 aliphatic carbocycles. The average Bonchev–Trinajstić information content (AvgIpc) is 2.81. The summed E-state index contributed by atoms with van der Waals surface area (Å²) in [4.78, 5) is 0. The maximum atomic E-state index is 10.0. The SMILES string of the molecule is C[C@@]12CCC[C@@H]1[C@@H]1CC[C@H]3C[C@@H](O)CC[C@]3(C)[C@H]1CC2. The lowest BCUT2D eigenvalue weighted by Crippen LogP contribution is -2.53. The molecule has 1 N–H and O–H groups in total. The summed E-state index contributed by atoms with van der Waals surface area (Å²) in [6, 6.07) is 0. The number of hydrogen-bond donors (Lipinski definition) is 1. The molecule has 0 radical (unpaired) electrons. The number of fused-ring (bicyclic) bond motifs is 5. The van der Waals surface area contributed by atoms with Gasteiger partial charge in [0.15, 0.2) is 0 Å². The van der Waals surface area contributed by atoms with Crippen molar-refractivity contribution in [3.05, 3.63) is 0 Å². The van der Waals surface area contributed by atoms with Crippen LogP contribution in [-0.2, 0) is 0 Å². The minimum atomic E-state index is 0.00459. The summed E-state index contributed by atoms with van der Waals surface area (Å²) in [5.74, 6) is 3.85. The van der Waals surface area contributed by atoms with Gasteiger partial charge < -0.3 is 5.11 Å². The molecule has 4 saturated carbocycles. The van der Waals surface area contributed by atoms with Gasteiger partial charge in [-0.05, 0) is 92.3 Å². The van der Waals surface area contributed by atoms with E-state index in [9.17, 15) is 5.11 Å². The molecular formula is C19H32O. The minimum Gasteiger partial charge on any atom is -0.393 e. The summed E-state index contributed by atoms with van der Waals surface area (Å²) in [5.41, 5.74) is 1.25. The molecule has 0 heterocycles. The Bertz CT molecular complexity index is 391. The zero-order valence-corrected chi connectivity index (χ0v) is 13.4. The lowest BCUT2D eigenvalue weighted by atomic mass is 9.45. The summed E-state index contributed by atoms with van der Waals surface area (Å²) >= 11 is 0. The molecule has 1 heteroatoms. The van der Waals surface area contributed by atoms with Gasteiger partial charge in [0.05, 0.1) is 6.10 Å². The van der Waals surface area contributed by atoms with Crippen LogP contribution >= 0.6 is 0 Å². The van der Waals surface area contributed by atoms with Crippen LogP contribution in [0.4, 0.5) is 0 Å². The predicted octanol–water partition coefficient (Wildman–Crippen LogP) is 4.78. The van der Waals surface area contributed by atoms with Crippen molar-refractivity contribution in [2.45, 2.75) is 84.2 Å². The second-order valence-corrected chi connectivity index (χ2v) is 9.17. The van der Waals surface area contributed by atoms with Gasteiger partial charge in [-0.2, -0.15) is 0 Å². The highest BCUT2D eigenvalue weighted by atomic mass is 16.3. The van der Waals surface area contributed by atoms with Crippen molar-refractivity contribution in [3.63, 3.8) is 0 Å². The van der Waals surface area contributed by atoms with E-state index in [1.54, 1.807) is 0 Å². The first-order chi connectivity index (χ1) is 9.53. The van der Waals surface area contributed by atoms with Gasteiger partial charge in [-0.3, -0.25) is 0 Å². The second kappa shape index (κ2) is 4.48. The normalized spacial score (nSPS) is 58.6. The van der Waals surface area contributed by atoms with Gasteiger partial charge in [0.25, 0.3) is 0 Å². The van der Waals surface area contributed by atoms with Crippen molar-refractivity contribution in [1.82, 2.24) is 0 Å².